The van der Waals surface area contributed by atoms with Crippen LogP contribution in [0, 0.1) is 0 Å². The van der Waals surface area contributed by atoms with Crippen LogP contribution in [-0.4, -0.2) is 65.7 Å². The lowest BCUT2D eigenvalue weighted by Gasteiger charge is -2.13. The van der Waals surface area contributed by atoms with Crippen LogP contribution in [0.4, 0.5) is 0 Å². The minimum absolute atomic E-state index is 0.300. The Labute approximate surface area is 168 Å². The molecule has 0 radical (unpaired) electrons. The molecule has 0 spiro atoms. The van der Waals surface area contributed by atoms with E-state index < -0.39 is 0 Å². The maximum absolute atomic E-state index is 5.71. The average molecular weight is 394 g/mol. The molecule has 0 saturated carbocycles. The molecule has 1 fully saturated rings. The van der Waals surface area contributed by atoms with Crippen LogP contribution in [0.5, 0.6) is 5.75 Å². The smallest absolute Gasteiger partial charge is 0.190 e. The Morgan fingerprint density at radius 1 is 1.11 bits per heavy atom. The maximum Gasteiger partial charge on any atom is 0.190 e. The Morgan fingerprint density at radius 2 is 1.82 bits per heavy atom. The molecule has 158 valence electrons. The van der Waals surface area contributed by atoms with Crippen LogP contribution >= 0.6 is 0 Å². The molecule has 7 nitrogen and oxygen atoms in total. The third-order valence-electron chi connectivity index (χ3n) is 4.49. The van der Waals surface area contributed by atoms with Crippen molar-refractivity contribution in [3.8, 4) is 5.75 Å². The van der Waals surface area contributed by atoms with Crippen LogP contribution in [0.15, 0.2) is 29.3 Å². The standard InChI is InChI=1S/C21H35N3O4/c1-22-21(24-12-5-14-27-17-20-6-3-15-28-20)23-11-4-13-26-16-18-7-9-19(25-2)10-8-18/h7-10,20H,3-6,11-17H2,1-2H3,(H2,22,23,24). The fourth-order valence-corrected chi connectivity index (χ4v) is 2.88. The van der Waals surface area contributed by atoms with Crippen molar-refractivity contribution in [3.05, 3.63) is 29.8 Å². The van der Waals surface area contributed by atoms with E-state index in [0.29, 0.717) is 25.9 Å². The van der Waals surface area contributed by atoms with E-state index in [0.717, 1.165) is 69.3 Å². The van der Waals surface area contributed by atoms with E-state index in [9.17, 15) is 0 Å². The zero-order valence-corrected chi connectivity index (χ0v) is 17.2. The van der Waals surface area contributed by atoms with Crippen molar-refractivity contribution in [1.29, 1.82) is 0 Å². The van der Waals surface area contributed by atoms with Crippen LogP contribution < -0.4 is 15.4 Å². The highest BCUT2D eigenvalue weighted by Gasteiger charge is 2.14. The summed E-state index contributed by atoms with van der Waals surface area (Å²) < 4.78 is 22.1. The molecule has 1 aliphatic heterocycles. The summed E-state index contributed by atoms with van der Waals surface area (Å²) >= 11 is 0. The second-order valence-electron chi connectivity index (χ2n) is 6.74. The summed E-state index contributed by atoms with van der Waals surface area (Å²) in [6.07, 6.45) is 4.44. The lowest BCUT2D eigenvalue weighted by atomic mass is 10.2. The van der Waals surface area contributed by atoms with Crippen molar-refractivity contribution in [2.24, 2.45) is 4.99 Å². The van der Waals surface area contributed by atoms with Gasteiger partial charge in [-0.2, -0.15) is 0 Å². The third kappa shape index (κ3) is 9.39. The second-order valence-corrected chi connectivity index (χ2v) is 6.74. The number of benzene rings is 1. The van der Waals surface area contributed by atoms with Crippen molar-refractivity contribution >= 4 is 5.96 Å². The molecular weight excluding hydrogens is 358 g/mol. The molecule has 1 saturated heterocycles. The normalized spacial score (nSPS) is 16.9. The van der Waals surface area contributed by atoms with E-state index in [1.54, 1.807) is 14.2 Å². The molecule has 28 heavy (non-hydrogen) atoms. The predicted molar refractivity (Wildman–Crippen MR) is 111 cm³/mol. The zero-order chi connectivity index (χ0) is 19.9. The van der Waals surface area contributed by atoms with Crippen LogP contribution in [0.3, 0.4) is 0 Å². The SMILES string of the molecule is CN=C(NCCCOCc1ccc(OC)cc1)NCCCOCC1CCCO1. The minimum atomic E-state index is 0.300. The van der Waals surface area contributed by atoms with Gasteiger partial charge in [0.1, 0.15) is 5.75 Å². The first-order valence-electron chi connectivity index (χ1n) is 10.2. The highest BCUT2D eigenvalue weighted by Crippen LogP contribution is 2.12. The molecule has 0 aliphatic carbocycles. The largest absolute Gasteiger partial charge is 0.497 e. The number of guanidine groups is 1. The van der Waals surface area contributed by atoms with Crippen molar-refractivity contribution in [2.75, 3.05) is 53.7 Å². The molecule has 0 bridgehead atoms. The van der Waals surface area contributed by atoms with Gasteiger partial charge in [-0.15, -0.1) is 0 Å². The van der Waals surface area contributed by atoms with Gasteiger partial charge in [0.25, 0.3) is 0 Å². The van der Waals surface area contributed by atoms with Crippen LogP contribution in [0.1, 0.15) is 31.2 Å². The van der Waals surface area contributed by atoms with Gasteiger partial charge in [-0.05, 0) is 43.4 Å². The summed E-state index contributed by atoms with van der Waals surface area (Å²) in [5.74, 6) is 1.68. The van der Waals surface area contributed by atoms with Gasteiger partial charge in [-0.1, -0.05) is 12.1 Å². The number of hydrogen-bond donors (Lipinski definition) is 2. The van der Waals surface area contributed by atoms with Gasteiger partial charge in [-0.3, -0.25) is 4.99 Å². The molecule has 0 aromatic heterocycles. The summed E-state index contributed by atoms with van der Waals surface area (Å²) in [4.78, 5) is 4.23. The highest BCUT2D eigenvalue weighted by molar-refractivity contribution is 5.79. The van der Waals surface area contributed by atoms with Crippen LogP contribution in [0.2, 0.25) is 0 Å². The Kier molecular flexibility index (Phi) is 11.4. The van der Waals surface area contributed by atoms with E-state index in [4.69, 9.17) is 18.9 Å². The number of rotatable bonds is 13. The van der Waals surface area contributed by atoms with Crippen LogP contribution in [0.25, 0.3) is 0 Å². The van der Waals surface area contributed by atoms with E-state index in [1.807, 2.05) is 24.3 Å². The quantitative estimate of drug-likeness (QED) is 0.304. The summed E-state index contributed by atoms with van der Waals surface area (Å²) in [5, 5.41) is 6.60. The van der Waals surface area contributed by atoms with Gasteiger partial charge in [-0.25, -0.2) is 0 Å². The number of aliphatic imine (C=N–C) groups is 1. The van der Waals surface area contributed by atoms with Gasteiger partial charge in [0.15, 0.2) is 5.96 Å². The van der Waals surface area contributed by atoms with Crippen molar-refractivity contribution in [3.63, 3.8) is 0 Å². The van der Waals surface area contributed by atoms with Crippen molar-refractivity contribution in [1.82, 2.24) is 10.6 Å². The Morgan fingerprint density at radius 3 is 2.43 bits per heavy atom. The molecule has 2 N–H and O–H groups in total. The first-order chi connectivity index (χ1) is 13.8. The first kappa shape index (κ1) is 22.5. The number of nitrogens with one attached hydrogen (secondary N) is 2. The van der Waals surface area contributed by atoms with Crippen molar-refractivity contribution < 1.29 is 18.9 Å². The molecule has 1 unspecified atom stereocenters. The van der Waals surface area contributed by atoms with E-state index in [1.165, 1.54) is 0 Å². The molecular formula is C21H35N3O4. The fourth-order valence-electron chi connectivity index (χ4n) is 2.88. The number of ether oxygens (including phenoxy) is 4. The minimum Gasteiger partial charge on any atom is -0.497 e. The topological polar surface area (TPSA) is 73.3 Å². The molecule has 1 atom stereocenters. The molecule has 1 aliphatic rings. The summed E-state index contributed by atoms with van der Waals surface area (Å²) in [6.45, 7) is 5.30. The first-order valence-corrected chi connectivity index (χ1v) is 10.2. The Hall–Kier alpha value is -1.83. The van der Waals surface area contributed by atoms with Gasteiger partial charge in [0.05, 0.1) is 26.4 Å². The lowest BCUT2D eigenvalue weighted by Crippen LogP contribution is -2.38. The number of methoxy groups -OCH3 is 1. The van der Waals surface area contributed by atoms with Crippen molar-refractivity contribution in [2.45, 2.75) is 38.4 Å². The third-order valence-corrected chi connectivity index (χ3v) is 4.49. The van der Waals surface area contributed by atoms with E-state index in [-0.39, 0.29) is 0 Å². The summed E-state index contributed by atoms with van der Waals surface area (Å²) in [5.41, 5.74) is 1.15. The number of hydrogen-bond acceptors (Lipinski definition) is 5. The monoisotopic (exact) mass is 393 g/mol. The van der Waals surface area contributed by atoms with Gasteiger partial charge < -0.3 is 29.6 Å². The molecule has 0 amide bonds. The summed E-state index contributed by atoms with van der Waals surface area (Å²) in [6, 6.07) is 7.94. The van der Waals surface area contributed by atoms with Crippen LogP contribution in [-0.2, 0) is 20.8 Å². The molecule has 1 heterocycles. The Bertz CT molecular complexity index is 545. The molecule has 7 heteroatoms. The summed E-state index contributed by atoms with van der Waals surface area (Å²) in [7, 11) is 3.45. The Balaban J connectivity index is 1.42. The predicted octanol–water partition coefficient (Wildman–Crippen LogP) is 2.35. The average Bonchev–Trinajstić information content (AvgIpc) is 3.25. The van der Waals surface area contributed by atoms with Gasteiger partial charge in [0.2, 0.25) is 0 Å². The second kappa shape index (κ2) is 14.2. The van der Waals surface area contributed by atoms with Gasteiger partial charge >= 0.3 is 0 Å². The molecule has 2 rings (SSSR count). The molecule has 1 aromatic carbocycles. The fraction of sp³-hybridized carbons (Fsp3) is 0.667. The zero-order valence-electron chi connectivity index (χ0n) is 17.2. The number of nitrogens with zero attached hydrogens (tertiary/aromatic N) is 1. The van der Waals surface area contributed by atoms with E-state index in [2.05, 4.69) is 15.6 Å². The van der Waals surface area contributed by atoms with E-state index >= 15 is 0 Å². The maximum atomic E-state index is 5.71. The van der Waals surface area contributed by atoms with Gasteiger partial charge in [0, 0.05) is 40.0 Å². The highest BCUT2D eigenvalue weighted by atomic mass is 16.5. The lowest BCUT2D eigenvalue weighted by molar-refractivity contribution is 0.0168. The molecule has 1 aromatic rings.